The fourth-order valence-electron chi connectivity index (χ4n) is 3.61. The van der Waals surface area contributed by atoms with E-state index in [2.05, 4.69) is 0 Å². The first-order valence-corrected chi connectivity index (χ1v) is 8.88. The van der Waals surface area contributed by atoms with Crippen LogP contribution in [0.4, 0.5) is 8.78 Å². The molecule has 1 N–H and O–H groups in total. The fraction of sp³-hybridized carbons (Fsp3) is 0.778. The van der Waals surface area contributed by atoms with Gasteiger partial charge in [0.25, 0.3) is 11.8 Å². The third-order valence-corrected chi connectivity index (χ3v) is 5.26. The van der Waals surface area contributed by atoms with Crippen LogP contribution in [0.2, 0.25) is 0 Å². The molecule has 0 saturated carbocycles. The Morgan fingerprint density at radius 2 is 1.96 bits per heavy atom. The summed E-state index contributed by atoms with van der Waals surface area (Å²) in [5.41, 5.74) is -0.649. The van der Waals surface area contributed by atoms with Crippen LogP contribution in [0.1, 0.15) is 46.0 Å². The fourth-order valence-corrected chi connectivity index (χ4v) is 3.61. The molecule has 1 unspecified atom stereocenters. The minimum Gasteiger partial charge on any atom is -0.394 e. The van der Waals surface area contributed by atoms with Gasteiger partial charge in [-0.15, -0.1) is 0 Å². The van der Waals surface area contributed by atoms with Crippen LogP contribution < -0.4 is 0 Å². The standard InChI is InChI=1S/C18H27F2N3O2/c1-17(2,22-9-6-18(19,20)7-10-22)11-14(12-21)16(25)23-8-4-3-5-15(23)13-24/h11,15,24H,3-10,13H2,1-2H3. The molecule has 2 rings (SSSR count). The molecule has 25 heavy (non-hydrogen) atoms. The smallest absolute Gasteiger partial charge is 0.264 e. The van der Waals surface area contributed by atoms with Crippen molar-refractivity contribution in [1.82, 2.24) is 9.80 Å². The molecular weight excluding hydrogens is 328 g/mol. The minimum atomic E-state index is -2.63. The molecule has 0 aromatic carbocycles. The molecule has 0 aromatic rings. The molecule has 2 aliphatic heterocycles. The largest absolute Gasteiger partial charge is 0.394 e. The first kappa shape index (κ1) is 19.8. The molecule has 1 amide bonds. The molecule has 2 saturated heterocycles. The highest BCUT2D eigenvalue weighted by molar-refractivity contribution is 5.97. The summed E-state index contributed by atoms with van der Waals surface area (Å²) in [6.45, 7) is 4.54. The van der Waals surface area contributed by atoms with E-state index in [1.165, 1.54) is 0 Å². The Hall–Kier alpha value is -1.52. The van der Waals surface area contributed by atoms with Crippen LogP contribution in [0.25, 0.3) is 0 Å². The number of alkyl halides is 2. The molecule has 2 heterocycles. The van der Waals surface area contributed by atoms with Crippen molar-refractivity contribution in [2.75, 3.05) is 26.2 Å². The van der Waals surface area contributed by atoms with Crippen molar-refractivity contribution in [1.29, 1.82) is 5.26 Å². The van der Waals surface area contributed by atoms with Crippen LogP contribution in [0.15, 0.2) is 11.6 Å². The van der Waals surface area contributed by atoms with Crippen LogP contribution in [0, 0.1) is 11.3 Å². The van der Waals surface area contributed by atoms with Crippen molar-refractivity contribution in [2.24, 2.45) is 0 Å². The average Bonchev–Trinajstić information content (AvgIpc) is 2.58. The summed E-state index contributed by atoms with van der Waals surface area (Å²) in [4.78, 5) is 16.2. The molecule has 0 aliphatic carbocycles. The number of aliphatic hydroxyl groups is 1. The van der Waals surface area contributed by atoms with Gasteiger partial charge in [0.2, 0.25) is 0 Å². The second-order valence-electron chi connectivity index (χ2n) is 7.50. The van der Waals surface area contributed by atoms with Crippen molar-refractivity contribution in [3.05, 3.63) is 11.6 Å². The molecule has 0 spiro atoms. The number of aliphatic hydroxyl groups excluding tert-OH is 1. The van der Waals surface area contributed by atoms with Gasteiger partial charge in [-0.3, -0.25) is 9.69 Å². The number of piperidine rings is 2. The van der Waals surface area contributed by atoms with Crippen molar-refractivity contribution in [2.45, 2.75) is 63.5 Å². The summed E-state index contributed by atoms with van der Waals surface area (Å²) in [6.07, 6.45) is 3.70. The highest BCUT2D eigenvalue weighted by Crippen LogP contribution is 2.32. The van der Waals surface area contributed by atoms with Gasteiger partial charge in [0.1, 0.15) is 11.6 Å². The first-order valence-electron chi connectivity index (χ1n) is 8.88. The number of nitrogens with zero attached hydrogens (tertiary/aromatic N) is 3. The SMILES string of the molecule is CC(C)(C=C(C#N)C(=O)N1CCCCC1CO)N1CCC(F)(F)CC1. The summed E-state index contributed by atoms with van der Waals surface area (Å²) in [5, 5.41) is 18.9. The Morgan fingerprint density at radius 1 is 1.32 bits per heavy atom. The van der Waals surface area contributed by atoms with Gasteiger partial charge >= 0.3 is 0 Å². The van der Waals surface area contributed by atoms with E-state index in [9.17, 15) is 23.9 Å². The van der Waals surface area contributed by atoms with Gasteiger partial charge in [0, 0.05) is 38.0 Å². The van der Waals surface area contributed by atoms with Crippen molar-refractivity contribution < 1.29 is 18.7 Å². The maximum absolute atomic E-state index is 13.4. The van der Waals surface area contributed by atoms with E-state index in [4.69, 9.17) is 0 Å². The lowest BCUT2D eigenvalue weighted by molar-refractivity contribution is -0.131. The van der Waals surface area contributed by atoms with Gasteiger partial charge < -0.3 is 10.0 Å². The van der Waals surface area contributed by atoms with Crippen molar-refractivity contribution in [3.63, 3.8) is 0 Å². The van der Waals surface area contributed by atoms with Crippen LogP contribution in [-0.2, 0) is 4.79 Å². The maximum Gasteiger partial charge on any atom is 0.264 e. The summed E-state index contributed by atoms with van der Waals surface area (Å²) >= 11 is 0. The summed E-state index contributed by atoms with van der Waals surface area (Å²) in [6, 6.07) is 1.71. The number of hydrogen-bond acceptors (Lipinski definition) is 4. The Kier molecular flexibility index (Phi) is 6.17. The molecule has 0 aromatic heterocycles. The van der Waals surface area contributed by atoms with E-state index in [1.54, 1.807) is 11.0 Å². The van der Waals surface area contributed by atoms with Gasteiger partial charge in [-0.2, -0.15) is 5.26 Å². The molecule has 7 heteroatoms. The zero-order valence-electron chi connectivity index (χ0n) is 15.0. The van der Waals surface area contributed by atoms with E-state index >= 15 is 0 Å². The molecule has 0 radical (unpaired) electrons. The summed E-state index contributed by atoms with van der Waals surface area (Å²) < 4.78 is 26.7. The highest BCUT2D eigenvalue weighted by atomic mass is 19.3. The van der Waals surface area contributed by atoms with Crippen molar-refractivity contribution >= 4 is 5.91 Å². The number of carbonyl (C=O) groups excluding carboxylic acids is 1. The molecule has 0 bridgehead atoms. The van der Waals surface area contributed by atoms with Gasteiger partial charge in [-0.1, -0.05) is 0 Å². The third kappa shape index (κ3) is 4.77. The van der Waals surface area contributed by atoms with Crippen LogP contribution in [0.5, 0.6) is 0 Å². The number of amides is 1. The molecule has 140 valence electrons. The maximum atomic E-state index is 13.4. The van der Waals surface area contributed by atoms with E-state index in [0.717, 1.165) is 19.3 Å². The molecule has 2 aliphatic rings. The predicted molar refractivity (Wildman–Crippen MR) is 90.0 cm³/mol. The van der Waals surface area contributed by atoms with Crippen LogP contribution in [-0.4, -0.2) is 64.6 Å². The Bertz CT molecular complexity index is 559. The second-order valence-corrected chi connectivity index (χ2v) is 7.50. The Morgan fingerprint density at radius 3 is 2.52 bits per heavy atom. The lowest BCUT2D eigenvalue weighted by Gasteiger charge is -2.41. The first-order chi connectivity index (χ1) is 11.7. The molecular formula is C18H27F2N3O2. The third-order valence-electron chi connectivity index (χ3n) is 5.26. The number of likely N-dealkylation sites (tertiary alicyclic amines) is 2. The van der Waals surface area contributed by atoms with E-state index in [0.29, 0.717) is 6.54 Å². The van der Waals surface area contributed by atoms with Crippen LogP contribution >= 0.6 is 0 Å². The van der Waals surface area contributed by atoms with Gasteiger partial charge in [0.05, 0.1) is 12.6 Å². The van der Waals surface area contributed by atoms with Gasteiger partial charge in [-0.25, -0.2) is 8.78 Å². The average molecular weight is 355 g/mol. The summed E-state index contributed by atoms with van der Waals surface area (Å²) in [7, 11) is 0. The minimum absolute atomic E-state index is 0.0164. The number of halogens is 2. The zero-order valence-corrected chi connectivity index (χ0v) is 15.0. The number of rotatable bonds is 4. The van der Waals surface area contributed by atoms with Crippen LogP contribution in [0.3, 0.4) is 0 Å². The van der Waals surface area contributed by atoms with E-state index in [-0.39, 0.29) is 50.1 Å². The number of nitriles is 1. The number of hydrogen-bond donors (Lipinski definition) is 1. The van der Waals surface area contributed by atoms with Crippen molar-refractivity contribution in [3.8, 4) is 6.07 Å². The normalized spacial score (nSPS) is 25.5. The molecule has 2 fully saturated rings. The summed E-state index contributed by atoms with van der Waals surface area (Å²) in [5.74, 6) is -3.01. The van der Waals surface area contributed by atoms with Gasteiger partial charge in [0.15, 0.2) is 0 Å². The number of carbonyl (C=O) groups is 1. The van der Waals surface area contributed by atoms with E-state index in [1.807, 2.05) is 24.8 Å². The van der Waals surface area contributed by atoms with Gasteiger partial charge in [-0.05, 0) is 39.2 Å². The highest BCUT2D eigenvalue weighted by Gasteiger charge is 2.39. The Labute approximate surface area is 147 Å². The second kappa shape index (κ2) is 7.79. The van der Waals surface area contributed by atoms with E-state index < -0.39 is 11.5 Å². The predicted octanol–water partition coefficient (Wildman–Crippen LogP) is 2.32. The molecule has 1 atom stereocenters. The lowest BCUT2D eigenvalue weighted by atomic mass is 9.94. The topological polar surface area (TPSA) is 67.6 Å². The molecule has 5 nitrogen and oxygen atoms in total. The Balaban J connectivity index is 2.15. The quantitative estimate of drug-likeness (QED) is 0.621. The zero-order chi connectivity index (χ0) is 18.7. The monoisotopic (exact) mass is 355 g/mol. The lowest BCUT2D eigenvalue weighted by Crippen LogP contribution is -2.50.